The first-order valence-electron chi connectivity index (χ1n) is 9.94. The zero-order chi connectivity index (χ0) is 21.4. The van der Waals surface area contributed by atoms with E-state index in [-0.39, 0.29) is 16.9 Å². The van der Waals surface area contributed by atoms with Crippen LogP contribution in [0.15, 0.2) is 27.8 Å². The highest BCUT2D eigenvalue weighted by atomic mass is 32.1. The maximum absolute atomic E-state index is 12.5. The lowest BCUT2D eigenvalue weighted by Crippen LogP contribution is -2.46. The number of aliphatic hydroxyl groups is 2. The predicted octanol–water partition coefficient (Wildman–Crippen LogP) is 0.780. The van der Waals surface area contributed by atoms with E-state index in [0.717, 1.165) is 49.0 Å². The molecule has 4 rings (SSSR count). The lowest BCUT2D eigenvalue weighted by molar-refractivity contribution is -0.0459. The molecule has 0 amide bonds. The lowest BCUT2D eigenvalue weighted by atomic mass is 10.2. The number of pyridine rings is 1. The van der Waals surface area contributed by atoms with Crippen molar-refractivity contribution >= 4 is 27.2 Å². The zero-order valence-electron chi connectivity index (χ0n) is 17.0. The Morgan fingerprint density at radius 1 is 1.20 bits per heavy atom. The normalized spacial score (nSPS) is 15.4. The number of aliphatic hydroxyl groups excluding tert-OH is 1. The third-order valence-electron chi connectivity index (χ3n) is 5.46. The van der Waals surface area contributed by atoms with Gasteiger partial charge in [0.25, 0.3) is 5.56 Å². The summed E-state index contributed by atoms with van der Waals surface area (Å²) in [5.74, 6) is 0. The average Bonchev–Trinajstić information content (AvgIpc) is 3.11. The lowest BCUT2D eigenvalue weighted by Gasteiger charge is -2.36. The number of aromatic nitrogens is 3. The number of hydrogen-bond donors (Lipinski definition) is 3. The topological polar surface area (TPSA) is 115 Å². The number of fused-ring (bicyclic) bond motifs is 1. The Morgan fingerprint density at radius 2 is 1.93 bits per heavy atom. The first kappa shape index (κ1) is 20.7. The summed E-state index contributed by atoms with van der Waals surface area (Å²) in [6, 6.07) is 5.43. The molecule has 0 atom stereocenters. The standard InChI is InChI=1S/C20H25N5O4S/c1-3-25-18(26)17-15(22-20(25)29)10-13(30-17)11-23-6-8-24(9-7-23)16-5-4-14(19(27)28)21-12(16)2/h4-5,10,19,27-28H,3,6-9,11H2,1-2H3,(H,22,29). The van der Waals surface area contributed by atoms with Crippen LogP contribution in [0.3, 0.4) is 0 Å². The monoisotopic (exact) mass is 431 g/mol. The Hall–Kier alpha value is -2.53. The fourth-order valence-corrected chi connectivity index (χ4v) is 4.98. The number of piperazine rings is 1. The summed E-state index contributed by atoms with van der Waals surface area (Å²) < 4.78 is 1.82. The van der Waals surface area contributed by atoms with Crippen LogP contribution in [0, 0.1) is 6.92 Å². The minimum atomic E-state index is -1.56. The van der Waals surface area contributed by atoms with Crippen LogP contribution in [0.5, 0.6) is 0 Å². The number of H-pyrrole nitrogens is 1. The molecule has 1 aliphatic heterocycles. The van der Waals surface area contributed by atoms with E-state index < -0.39 is 6.29 Å². The van der Waals surface area contributed by atoms with E-state index in [1.165, 1.54) is 15.9 Å². The van der Waals surface area contributed by atoms with Gasteiger partial charge < -0.3 is 20.1 Å². The molecule has 4 heterocycles. The Kier molecular flexibility index (Phi) is 5.74. The number of rotatable bonds is 5. The Bertz CT molecular complexity index is 1170. The Labute approximate surface area is 176 Å². The molecule has 0 radical (unpaired) electrons. The first-order valence-corrected chi connectivity index (χ1v) is 10.8. The maximum atomic E-state index is 12.5. The molecule has 0 aromatic carbocycles. The van der Waals surface area contributed by atoms with Gasteiger partial charge in [-0.15, -0.1) is 11.3 Å². The highest BCUT2D eigenvalue weighted by Gasteiger charge is 2.21. The maximum Gasteiger partial charge on any atom is 0.328 e. The highest BCUT2D eigenvalue weighted by Crippen LogP contribution is 2.25. The molecule has 3 aromatic rings. The summed E-state index contributed by atoms with van der Waals surface area (Å²) >= 11 is 1.44. The summed E-state index contributed by atoms with van der Waals surface area (Å²) in [5.41, 5.74) is 2.04. The van der Waals surface area contributed by atoms with Gasteiger partial charge in [-0.25, -0.2) is 4.79 Å². The van der Waals surface area contributed by atoms with Gasteiger partial charge in [-0.05, 0) is 32.0 Å². The summed E-state index contributed by atoms with van der Waals surface area (Å²) in [7, 11) is 0. The minimum Gasteiger partial charge on any atom is -0.368 e. The van der Waals surface area contributed by atoms with Crippen molar-refractivity contribution in [1.29, 1.82) is 0 Å². The van der Waals surface area contributed by atoms with Gasteiger partial charge in [0.15, 0.2) is 6.29 Å². The van der Waals surface area contributed by atoms with Gasteiger partial charge in [-0.2, -0.15) is 0 Å². The fraction of sp³-hybridized carbons (Fsp3) is 0.450. The fourth-order valence-electron chi connectivity index (χ4n) is 3.87. The second-order valence-electron chi connectivity index (χ2n) is 7.41. The minimum absolute atomic E-state index is 0.225. The van der Waals surface area contributed by atoms with Gasteiger partial charge in [0.05, 0.1) is 22.6 Å². The van der Waals surface area contributed by atoms with Gasteiger partial charge >= 0.3 is 5.69 Å². The first-order chi connectivity index (χ1) is 14.4. The van der Waals surface area contributed by atoms with Gasteiger partial charge in [-0.1, -0.05) is 0 Å². The smallest absolute Gasteiger partial charge is 0.328 e. The van der Waals surface area contributed by atoms with Crippen LogP contribution in [0.25, 0.3) is 10.2 Å². The summed E-state index contributed by atoms with van der Waals surface area (Å²) in [5, 5.41) is 18.5. The van der Waals surface area contributed by atoms with Gasteiger partial charge in [-0.3, -0.25) is 19.2 Å². The molecular formula is C20H25N5O4S. The average molecular weight is 432 g/mol. The van der Waals surface area contributed by atoms with Crippen molar-refractivity contribution in [3.63, 3.8) is 0 Å². The van der Waals surface area contributed by atoms with E-state index in [0.29, 0.717) is 16.8 Å². The molecule has 10 heteroatoms. The van der Waals surface area contributed by atoms with E-state index in [1.807, 2.05) is 19.1 Å². The van der Waals surface area contributed by atoms with E-state index >= 15 is 0 Å². The molecule has 0 aliphatic carbocycles. The predicted molar refractivity (Wildman–Crippen MR) is 116 cm³/mol. The van der Waals surface area contributed by atoms with Crippen molar-refractivity contribution in [3.8, 4) is 0 Å². The third-order valence-corrected chi connectivity index (χ3v) is 6.57. The van der Waals surface area contributed by atoms with Crippen LogP contribution >= 0.6 is 11.3 Å². The number of nitrogens with one attached hydrogen (secondary N) is 1. The highest BCUT2D eigenvalue weighted by molar-refractivity contribution is 7.18. The molecule has 0 saturated carbocycles. The van der Waals surface area contributed by atoms with Crippen molar-refractivity contribution in [2.45, 2.75) is 33.2 Å². The molecule has 3 N–H and O–H groups in total. The number of hydrogen-bond acceptors (Lipinski definition) is 8. The van der Waals surface area contributed by atoms with E-state index in [1.54, 1.807) is 13.0 Å². The molecule has 3 aromatic heterocycles. The molecular weight excluding hydrogens is 406 g/mol. The largest absolute Gasteiger partial charge is 0.368 e. The molecule has 9 nitrogen and oxygen atoms in total. The molecule has 30 heavy (non-hydrogen) atoms. The zero-order valence-corrected chi connectivity index (χ0v) is 17.8. The number of aromatic amines is 1. The van der Waals surface area contributed by atoms with Crippen molar-refractivity contribution in [3.05, 3.63) is 55.3 Å². The van der Waals surface area contributed by atoms with Crippen molar-refractivity contribution in [2.24, 2.45) is 0 Å². The van der Waals surface area contributed by atoms with Crippen LogP contribution in [-0.4, -0.2) is 55.8 Å². The second kappa shape index (κ2) is 8.31. The summed E-state index contributed by atoms with van der Waals surface area (Å²) in [6.07, 6.45) is -1.56. The van der Waals surface area contributed by atoms with Crippen LogP contribution in [0.1, 0.15) is 29.5 Å². The third kappa shape index (κ3) is 3.91. The van der Waals surface area contributed by atoms with E-state index in [2.05, 4.69) is 19.8 Å². The quantitative estimate of drug-likeness (QED) is 0.512. The van der Waals surface area contributed by atoms with Gasteiger partial charge in [0.1, 0.15) is 4.70 Å². The van der Waals surface area contributed by atoms with Gasteiger partial charge in [0, 0.05) is 44.1 Å². The van der Waals surface area contributed by atoms with Crippen molar-refractivity contribution in [2.75, 3.05) is 31.1 Å². The van der Waals surface area contributed by atoms with Crippen LogP contribution in [0.2, 0.25) is 0 Å². The number of aryl methyl sites for hydroxylation is 1. The SMILES string of the molecule is CCn1c(=O)[nH]c2cc(CN3CCN(c4ccc(C(O)O)nc4C)CC3)sc2c1=O. The molecule has 0 unspecified atom stereocenters. The van der Waals surface area contributed by atoms with Crippen LogP contribution in [0.4, 0.5) is 5.69 Å². The molecule has 0 bridgehead atoms. The molecule has 1 saturated heterocycles. The molecule has 1 aliphatic rings. The molecule has 160 valence electrons. The summed E-state index contributed by atoms with van der Waals surface area (Å²) in [4.78, 5) is 37.2. The van der Waals surface area contributed by atoms with E-state index in [4.69, 9.17) is 0 Å². The Morgan fingerprint density at radius 3 is 2.57 bits per heavy atom. The number of nitrogens with zero attached hydrogens (tertiary/aromatic N) is 4. The van der Waals surface area contributed by atoms with Crippen molar-refractivity contribution < 1.29 is 10.2 Å². The van der Waals surface area contributed by atoms with E-state index in [9.17, 15) is 19.8 Å². The van der Waals surface area contributed by atoms with Crippen LogP contribution < -0.4 is 16.1 Å². The van der Waals surface area contributed by atoms with Crippen molar-refractivity contribution in [1.82, 2.24) is 19.4 Å². The molecule has 0 spiro atoms. The number of thiophene rings is 1. The van der Waals surface area contributed by atoms with Gasteiger partial charge in [0.2, 0.25) is 0 Å². The molecule has 1 fully saturated rings. The summed E-state index contributed by atoms with van der Waals surface area (Å²) in [6.45, 7) is 8.10. The second-order valence-corrected chi connectivity index (χ2v) is 8.55. The van der Waals surface area contributed by atoms with Crippen LogP contribution in [-0.2, 0) is 13.1 Å². The Balaban J connectivity index is 1.45. The number of anilines is 1.